The number of nitrogens with zero attached hydrogens (tertiary/aromatic N) is 4. The minimum absolute atomic E-state index is 0.180. The number of aromatic nitrogens is 2. The number of fused-ring (bicyclic) bond motifs is 2. The van der Waals surface area contributed by atoms with Gasteiger partial charge in [-0.2, -0.15) is 4.99 Å². The van der Waals surface area contributed by atoms with Gasteiger partial charge in [-0.15, -0.1) is 0 Å². The van der Waals surface area contributed by atoms with E-state index in [9.17, 15) is 4.79 Å². The second kappa shape index (κ2) is 4.91. The number of carbonyl (C=O) groups is 1. The van der Waals surface area contributed by atoms with Crippen molar-refractivity contribution in [3.8, 4) is 0 Å². The maximum Gasteiger partial charge on any atom is 0.274 e. The molecule has 1 unspecified atom stereocenters. The summed E-state index contributed by atoms with van der Waals surface area (Å²) in [4.78, 5) is 26.7. The number of benzene rings is 1. The van der Waals surface area contributed by atoms with Crippen molar-refractivity contribution >= 4 is 23.4 Å². The second-order valence-corrected chi connectivity index (χ2v) is 5.45. The van der Waals surface area contributed by atoms with Crippen LogP contribution in [0.5, 0.6) is 0 Å². The quantitative estimate of drug-likeness (QED) is 0.803. The molecular weight excluding hydrogens is 278 g/mol. The zero-order chi connectivity index (χ0) is 15.1. The van der Waals surface area contributed by atoms with Gasteiger partial charge in [0.15, 0.2) is 5.49 Å². The van der Waals surface area contributed by atoms with Crippen LogP contribution in [0.3, 0.4) is 0 Å². The first-order valence-corrected chi connectivity index (χ1v) is 7.24. The van der Waals surface area contributed by atoms with Crippen LogP contribution in [-0.2, 0) is 4.79 Å². The molecule has 0 aliphatic carbocycles. The van der Waals surface area contributed by atoms with Crippen molar-refractivity contribution in [2.75, 3.05) is 23.3 Å². The van der Waals surface area contributed by atoms with Crippen molar-refractivity contribution in [3.63, 3.8) is 0 Å². The van der Waals surface area contributed by atoms with E-state index in [2.05, 4.69) is 38.2 Å². The highest BCUT2D eigenvalue weighted by Crippen LogP contribution is 2.33. The molecule has 6 heteroatoms. The van der Waals surface area contributed by atoms with Crippen LogP contribution < -0.4 is 20.9 Å². The fraction of sp³-hybridized carbons (Fsp3) is 0.250. The predicted molar refractivity (Wildman–Crippen MR) is 83.1 cm³/mol. The fourth-order valence-electron chi connectivity index (χ4n) is 3.01. The minimum Gasteiger partial charge on any atom is -0.381 e. The van der Waals surface area contributed by atoms with Gasteiger partial charge in [0, 0.05) is 24.5 Å². The zero-order valence-electron chi connectivity index (χ0n) is 12.2. The van der Waals surface area contributed by atoms with Gasteiger partial charge in [-0.25, -0.2) is 9.97 Å². The van der Waals surface area contributed by atoms with E-state index in [1.807, 2.05) is 18.2 Å². The summed E-state index contributed by atoms with van der Waals surface area (Å²) < 4.78 is 0. The van der Waals surface area contributed by atoms with E-state index in [0.29, 0.717) is 5.49 Å². The Kier molecular flexibility index (Phi) is 2.89. The second-order valence-electron chi connectivity index (χ2n) is 5.45. The number of carbonyl (C=O) groups excluding carboxylic acids is 1. The summed E-state index contributed by atoms with van der Waals surface area (Å²) in [7, 11) is 0. The molecule has 0 bridgehead atoms. The molecule has 22 heavy (non-hydrogen) atoms. The van der Waals surface area contributed by atoms with Crippen LogP contribution >= 0.6 is 0 Å². The van der Waals surface area contributed by atoms with Crippen LogP contribution in [0.1, 0.15) is 5.56 Å². The highest BCUT2D eigenvalue weighted by atomic mass is 16.1. The van der Waals surface area contributed by atoms with Crippen LogP contribution in [-0.4, -0.2) is 35.0 Å². The van der Waals surface area contributed by atoms with Crippen molar-refractivity contribution in [3.05, 3.63) is 47.0 Å². The SMILES string of the molecule is Cc1cccc2c1NCCN2C1C=c2cncnc2=NC1=O. The summed E-state index contributed by atoms with van der Waals surface area (Å²) in [5, 5.41) is 4.22. The Morgan fingerprint density at radius 1 is 1.36 bits per heavy atom. The molecule has 110 valence electrons. The van der Waals surface area contributed by atoms with Gasteiger partial charge < -0.3 is 10.2 Å². The van der Waals surface area contributed by atoms with Gasteiger partial charge in [-0.05, 0) is 24.6 Å². The van der Waals surface area contributed by atoms with Crippen molar-refractivity contribution in [1.82, 2.24) is 9.97 Å². The van der Waals surface area contributed by atoms with Crippen LogP contribution in [0.2, 0.25) is 0 Å². The van der Waals surface area contributed by atoms with Crippen molar-refractivity contribution in [1.29, 1.82) is 0 Å². The van der Waals surface area contributed by atoms with E-state index >= 15 is 0 Å². The van der Waals surface area contributed by atoms with E-state index in [1.165, 1.54) is 11.9 Å². The van der Waals surface area contributed by atoms with Gasteiger partial charge in [0.25, 0.3) is 5.91 Å². The normalized spacial score (nSPS) is 19.4. The van der Waals surface area contributed by atoms with E-state index in [1.54, 1.807) is 6.20 Å². The molecule has 0 spiro atoms. The topological polar surface area (TPSA) is 70.5 Å². The Hall–Kier alpha value is -2.76. The summed E-state index contributed by atoms with van der Waals surface area (Å²) in [5.74, 6) is -0.180. The predicted octanol–water partition coefficient (Wildman–Crippen LogP) is 0.0260. The lowest BCUT2D eigenvalue weighted by molar-refractivity contribution is -0.118. The van der Waals surface area contributed by atoms with E-state index in [-0.39, 0.29) is 5.91 Å². The average molecular weight is 293 g/mol. The molecule has 2 aliphatic heterocycles. The van der Waals surface area contributed by atoms with Gasteiger partial charge in [-0.1, -0.05) is 12.1 Å². The third kappa shape index (κ3) is 1.95. The first kappa shape index (κ1) is 12.9. The molecule has 3 heterocycles. The molecule has 1 atom stereocenters. The Morgan fingerprint density at radius 2 is 2.27 bits per heavy atom. The maximum absolute atomic E-state index is 12.4. The molecule has 1 aromatic carbocycles. The Labute approximate surface area is 127 Å². The molecule has 0 fully saturated rings. The Balaban J connectivity index is 1.83. The number of nitrogens with one attached hydrogen (secondary N) is 1. The standard InChI is InChI=1S/C16H15N5O/c1-10-3-2-4-12-14(10)18-5-6-21(12)13-7-11-8-17-9-19-15(11)20-16(13)22/h2-4,7-9,13,18H,5-6H2,1H3. The lowest BCUT2D eigenvalue weighted by Gasteiger charge is -2.36. The van der Waals surface area contributed by atoms with Crippen molar-refractivity contribution in [2.24, 2.45) is 4.99 Å². The zero-order valence-corrected chi connectivity index (χ0v) is 12.2. The third-order valence-electron chi connectivity index (χ3n) is 4.08. The molecule has 0 saturated heterocycles. The number of rotatable bonds is 1. The van der Waals surface area contributed by atoms with E-state index in [4.69, 9.17) is 0 Å². The Bertz CT molecular complexity index is 876. The average Bonchev–Trinajstić information content (AvgIpc) is 2.54. The number of hydrogen-bond donors (Lipinski definition) is 1. The lowest BCUT2D eigenvalue weighted by atomic mass is 10.1. The van der Waals surface area contributed by atoms with E-state index in [0.717, 1.165) is 29.7 Å². The highest BCUT2D eigenvalue weighted by molar-refractivity contribution is 5.94. The van der Waals surface area contributed by atoms with E-state index < -0.39 is 6.04 Å². The molecule has 6 nitrogen and oxygen atoms in total. The van der Waals surface area contributed by atoms with Gasteiger partial charge in [-0.3, -0.25) is 4.79 Å². The number of amides is 1. The van der Waals surface area contributed by atoms with Crippen LogP contribution in [0.25, 0.3) is 6.08 Å². The maximum atomic E-state index is 12.4. The molecule has 2 aliphatic rings. The summed E-state index contributed by atoms with van der Waals surface area (Å²) in [6, 6.07) is 5.71. The van der Waals surface area contributed by atoms with Crippen LogP contribution in [0.15, 0.2) is 35.7 Å². The Morgan fingerprint density at radius 3 is 3.18 bits per heavy atom. The molecule has 1 N–H and O–H groups in total. The van der Waals surface area contributed by atoms with Crippen molar-refractivity contribution in [2.45, 2.75) is 13.0 Å². The fourth-order valence-corrected chi connectivity index (χ4v) is 3.01. The van der Waals surface area contributed by atoms with Crippen LogP contribution in [0.4, 0.5) is 11.4 Å². The van der Waals surface area contributed by atoms with Gasteiger partial charge in [0.2, 0.25) is 0 Å². The monoisotopic (exact) mass is 293 g/mol. The smallest absolute Gasteiger partial charge is 0.274 e. The largest absolute Gasteiger partial charge is 0.381 e. The van der Waals surface area contributed by atoms with Crippen LogP contribution in [0, 0.1) is 6.92 Å². The molecule has 0 saturated carbocycles. The number of para-hydroxylation sites is 1. The molecular formula is C16H15N5O. The van der Waals surface area contributed by atoms with Crippen molar-refractivity contribution < 1.29 is 4.79 Å². The first-order valence-electron chi connectivity index (χ1n) is 7.24. The van der Waals surface area contributed by atoms with Gasteiger partial charge >= 0.3 is 0 Å². The molecule has 0 radical (unpaired) electrons. The first-order chi connectivity index (χ1) is 10.7. The number of aryl methyl sites for hydroxylation is 1. The highest BCUT2D eigenvalue weighted by Gasteiger charge is 2.29. The molecule has 1 amide bonds. The van der Waals surface area contributed by atoms with Gasteiger partial charge in [0.05, 0.1) is 11.4 Å². The summed E-state index contributed by atoms with van der Waals surface area (Å²) >= 11 is 0. The minimum atomic E-state index is -0.402. The summed E-state index contributed by atoms with van der Waals surface area (Å²) in [6.45, 7) is 3.62. The summed E-state index contributed by atoms with van der Waals surface area (Å²) in [5.41, 5.74) is 3.75. The molecule has 2 aromatic rings. The number of hydrogen-bond acceptors (Lipinski definition) is 5. The summed E-state index contributed by atoms with van der Waals surface area (Å²) in [6.07, 6.45) is 5.01. The lowest BCUT2D eigenvalue weighted by Crippen LogP contribution is -2.49. The number of anilines is 2. The van der Waals surface area contributed by atoms with Gasteiger partial charge in [0.1, 0.15) is 12.4 Å². The third-order valence-corrected chi connectivity index (χ3v) is 4.08. The molecule has 4 rings (SSSR count). The molecule has 1 aromatic heterocycles.